The molecule has 4 heteroatoms. The summed E-state index contributed by atoms with van der Waals surface area (Å²) in [6.07, 6.45) is 0. The topological polar surface area (TPSA) is 35.2 Å². The van der Waals surface area contributed by atoms with E-state index >= 15 is 0 Å². The molecule has 2 N–H and O–H groups in total. The first-order valence-corrected chi connectivity index (χ1v) is 3.46. The van der Waals surface area contributed by atoms with E-state index in [1.807, 2.05) is 0 Å². The van der Waals surface area contributed by atoms with Crippen molar-refractivity contribution in [2.75, 3.05) is 6.61 Å². The second-order valence-electron chi connectivity index (χ2n) is 2.57. The Labute approximate surface area is 75.9 Å². The summed E-state index contributed by atoms with van der Waals surface area (Å²) in [6.45, 7) is 0.385. The van der Waals surface area contributed by atoms with Gasteiger partial charge in [-0.05, 0) is 12.1 Å². The van der Waals surface area contributed by atoms with Crippen molar-refractivity contribution in [3.63, 3.8) is 0 Å². The van der Waals surface area contributed by atoms with Crippen LogP contribution in [0.4, 0.5) is 4.39 Å². The highest BCUT2D eigenvalue weighted by atomic mass is 35.5. The molecule has 1 aliphatic heterocycles. The van der Waals surface area contributed by atoms with Gasteiger partial charge in [0.2, 0.25) is 0 Å². The van der Waals surface area contributed by atoms with Gasteiger partial charge in [0.25, 0.3) is 0 Å². The summed E-state index contributed by atoms with van der Waals surface area (Å²) in [6, 6.07) is 4.44. The van der Waals surface area contributed by atoms with Gasteiger partial charge >= 0.3 is 0 Å². The maximum atomic E-state index is 13.0. The van der Waals surface area contributed by atoms with Gasteiger partial charge in [-0.1, -0.05) is 6.07 Å². The van der Waals surface area contributed by atoms with Gasteiger partial charge in [-0.2, -0.15) is 0 Å². The number of ether oxygens (including phenoxy) is 1. The van der Waals surface area contributed by atoms with Crippen molar-refractivity contribution in [3.05, 3.63) is 29.6 Å². The molecule has 0 saturated heterocycles. The van der Waals surface area contributed by atoms with Crippen LogP contribution in [0.25, 0.3) is 0 Å². The van der Waals surface area contributed by atoms with E-state index in [9.17, 15) is 4.39 Å². The lowest BCUT2D eigenvalue weighted by atomic mass is 10.1. The number of rotatable bonds is 0. The van der Waals surface area contributed by atoms with Crippen LogP contribution in [0.2, 0.25) is 0 Å². The zero-order chi connectivity index (χ0) is 7.84. The molecule has 1 atom stereocenters. The molecule has 12 heavy (non-hydrogen) atoms. The highest BCUT2D eigenvalue weighted by Crippen LogP contribution is 2.32. The third-order valence-corrected chi connectivity index (χ3v) is 1.80. The van der Waals surface area contributed by atoms with Crippen molar-refractivity contribution >= 4 is 12.4 Å². The first-order valence-electron chi connectivity index (χ1n) is 3.46. The number of halogens is 2. The van der Waals surface area contributed by atoms with Crippen molar-refractivity contribution in [2.45, 2.75) is 6.04 Å². The monoisotopic (exact) mass is 189 g/mol. The lowest BCUT2D eigenvalue weighted by molar-refractivity contribution is 0.333. The molecule has 0 unspecified atom stereocenters. The van der Waals surface area contributed by atoms with Gasteiger partial charge in [-0.15, -0.1) is 12.4 Å². The van der Waals surface area contributed by atoms with Crippen molar-refractivity contribution in [1.29, 1.82) is 0 Å². The van der Waals surface area contributed by atoms with Gasteiger partial charge in [-0.3, -0.25) is 0 Å². The third-order valence-electron chi connectivity index (χ3n) is 1.80. The summed E-state index contributed by atoms with van der Waals surface area (Å²) >= 11 is 0. The standard InChI is InChI=1S/C8H8FNO.ClH/c9-5-2-1-3-7-8(5)6(10)4-11-7;/h1-3,6H,4,10H2;1H/t6-;/m1./s1. The van der Waals surface area contributed by atoms with E-state index in [1.54, 1.807) is 12.1 Å². The Morgan fingerprint density at radius 1 is 1.50 bits per heavy atom. The molecule has 0 radical (unpaired) electrons. The molecule has 0 aromatic heterocycles. The van der Waals surface area contributed by atoms with Gasteiger partial charge in [0, 0.05) is 5.56 Å². The van der Waals surface area contributed by atoms with E-state index in [0.717, 1.165) is 0 Å². The fourth-order valence-corrected chi connectivity index (χ4v) is 1.27. The summed E-state index contributed by atoms with van der Waals surface area (Å²) in [5, 5.41) is 0. The van der Waals surface area contributed by atoms with E-state index in [2.05, 4.69) is 0 Å². The van der Waals surface area contributed by atoms with Crippen LogP contribution in [0.3, 0.4) is 0 Å². The Hall–Kier alpha value is -0.800. The van der Waals surface area contributed by atoms with Crippen LogP contribution in [0.1, 0.15) is 11.6 Å². The van der Waals surface area contributed by atoms with Crippen LogP contribution in [-0.2, 0) is 0 Å². The molecule has 1 aromatic rings. The molecule has 0 aliphatic carbocycles. The molecule has 1 heterocycles. The van der Waals surface area contributed by atoms with E-state index in [0.29, 0.717) is 17.9 Å². The summed E-state index contributed by atoms with van der Waals surface area (Å²) in [7, 11) is 0. The highest BCUT2D eigenvalue weighted by Gasteiger charge is 2.23. The van der Waals surface area contributed by atoms with E-state index < -0.39 is 0 Å². The fraction of sp³-hybridized carbons (Fsp3) is 0.250. The largest absolute Gasteiger partial charge is 0.491 e. The van der Waals surface area contributed by atoms with Crippen molar-refractivity contribution < 1.29 is 9.13 Å². The SMILES string of the molecule is Cl.N[C@@H]1COc2cccc(F)c21. The van der Waals surface area contributed by atoms with Crippen LogP contribution >= 0.6 is 12.4 Å². The number of fused-ring (bicyclic) bond motifs is 1. The van der Waals surface area contributed by atoms with Gasteiger partial charge in [0.15, 0.2) is 0 Å². The quantitative estimate of drug-likeness (QED) is 0.674. The number of nitrogens with two attached hydrogens (primary N) is 1. The lowest BCUT2D eigenvalue weighted by Crippen LogP contribution is -2.11. The van der Waals surface area contributed by atoms with Gasteiger partial charge in [-0.25, -0.2) is 4.39 Å². The summed E-state index contributed by atoms with van der Waals surface area (Å²) in [4.78, 5) is 0. The van der Waals surface area contributed by atoms with Gasteiger partial charge in [0.05, 0.1) is 6.04 Å². The normalized spacial score (nSPS) is 19.3. The van der Waals surface area contributed by atoms with E-state index in [4.69, 9.17) is 10.5 Å². The second-order valence-corrected chi connectivity index (χ2v) is 2.57. The zero-order valence-corrected chi connectivity index (χ0v) is 7.10. The molecule has 1 aliphatic rings. The van der Waals surface area contributed by atoms with Crippen LogP contribution in [0.15, 0.2) is 18.2 Å². The molecule has 2 nitrogen and oxygen atoms in total. The predicted molar refractivity (Wildman–Crippen MR) is 46.1 cm³/mol. The van der Waals surface area contributed by atoms with Crippen molar-refractivity contribution in [2.24, 2.45) is 5.73 Å². The van der Waals surface area contributed by atoms with Crippen molar-refractivity contribution in [1.82, 2.24) is 0 Å². The molecule has 0 saturated carbocycles. The highest BCUT2D eigenvalue weighted by molar-refractivity contribution is 5.85. The molecule has 66 valence electrons. The van der Waals surface area contributed by atoms with Crippen molar-refractivity contribution in [3.8, 4) is 5.75 Å². The maximum Gasteiger partial charge on any atom is 0.131 e. The Bertz CT molecular complexity index is 292. The molecular formula is C8H9ClFNO. The van der Waals surface area contributed by atoms with Gasteiger partial charge in [0.1, 0.15) is 18.2 Å². The van der Waals surface area contributed by atoms with Crippen LogP contribution in [-0.4, -0.2) is 6.61 Å². The Balaban J connectivity index is 0.000000720. The summed E-state index contributed by atoms with van der Waals surface area (Å²) in [5.41, 5.74) is 6.09. The fourth-order valence-electron chi connectivity index (χ4n) is 1.27. The molecule has 1 aromatic carbocycles. The number of hydrogen-bond acceptors (Lipinski definition) is 2. The van der Waals surface area contributed by atoms with Crippen LogP contribution < -0.4 is 10.5 Å². The lowest BCUT2D eigenvalue weighted by Gasteiger charge is -2.00. The Kier molecular flexibility index (Phi) is 2.55. The van der Waals surface area contributed by atoms with Gasteiger partial charge < -0.3 is 10.5 Å². The predicted octanol–water partition coefficient (Wildman–Crippen LogP) is 1.64. The second kappa shape index (κ2) is 3.29. The minimum absolute atomic E-state index is 0. The Morgan fingerprint density at radius 3 is 2.92 bits per heavy atom. The number of hydrogen-bond donors (Lipinski definition) is 1. The summed E-state index contributed by atoms with van der Waals surface area (Å²) < 4.78 is 18.1. The van der Waals surface area contributed by atoms with E-state index in [-0.39, 0.29) is 24.3 Å². The molecular weight excluding hydrogens is 181 g/mol. The Morgan fingerprint density at radius 2 is 2.25 bits per heavy atom. The number of benzene rings is 1. The molecule has 0 bridgehead atoms. The average molecular weight is 190 g/mol. The van der Waals surface area contributed by atoms with Crippen LogP contribution in [0.5, 0.6) is 5.75 Å². The minimum atomic E-state index is -0.300. The summed E-state index contributed by atoms with van der Waals surface area (Å²) in [5.74, 6) is 0.310. The smallest absolute Gasteiger partial charge is 0.131 e. The first-order chi connectivity index (χ1) is 5.29. The molecule has 0 fully saturated rings. The third kappa shape index (κ3) is 1.26. The molecule has 0 spiro atoms. The molecule has 2 rings (SSSR count). The minimum Gasteiger partial charge on any atom is -0.491 e. The average Bonchev–Trinajstić information content (AvgIpc) is 2.34. The van der Waals surface area contributed by atoms with E-state index in [1.165, 1.54) is 6.07 Å². The maximum absolute atomic E-state index is 13.0. The van der Waals surface area contributed by atoms with Crippen LogP contribution in [0, 0.1) is 5.82 Å². The zero-order valence-electron chi connectivity index (χ0n) is 6.29. The first kappa shape index (κ1) is 9.29. The molecule has 0 amide bonds.